The van der Waals surface area contributed by atoms with Gasteiger partial charge in [0, 0.05) is 36.6 Å². The summed E-state index contributed by atoms with van der Waals surface area (Å²) in [6, 6.07) is 0.0285. The molecule has 0 bridgehead atoms. The second-order valence-corrected chi connectivity index (χ2v) is 12.3. The molecule has 2 saturated heterocycles. The van der Waals surface area contributed by atoms with Gasteiger partial charge in [0.1, 0.15) is 0 Å². The topological polar surface area (TPSA) is 103 Å². The Morgan fingerprint density at radius 2 is 2.10 bits per heavy atom. The van der Waals surface area contributed by atoms with Crippen LogP contribution in [0, 0.1) is 11.8 Å². The van der Waals surface area contributed by atoms with Crippen LogP contribution >= 0.6 is 0 Å². The number of hydrogen-bond acceptors (Lipinski definition) is 5. The summed E-state index contributed by atoms with van der Waals surface area (Å²) >= 11 is 0. The normalized spacial score (nSPS) is 33.6. The number of hydrogen-bond donors (Lipinski definition) is 1. The number of carbonyl (C=O) groups is 2. The maximum absolute atomic E-state index is 13.2. The first-order valence-electron chi connectivity index (χ1n) is 11.6. The lowest BCUT2D eigenvalue weighted by molar-refractivity contribution is -0.121. The van der Waals surface area contributed by atoms with E-state index >= 15 is 0 Å². The van der Waals surface area contributed by atoms with Gasteiger partial charge < -0.3 is 10.1 Å². The monoisotopic (exact) mass is 448 g/mol. The zero-order valence-electron chi connectivity index (χ0n) is 18.2. The molecular weight excluding hydrogens is 416 g/mol. The first-order valence-corrected chi connectivity index (χ1v) is 13.5. The standard InChI is InChI=1S/C22H32N4O4S/c1-15(16-4-5-16)20(27)25-31(29)11-7-22(8-12-31)13-17(6-10-30-22)24-21(28)18-14-23-26-9-2-3-19(18)26/h14-17H,2-13H2,1H3,(H,24,28). The van der Waals surface area contributed by atoms with Gasteiger partial charge in [0.05, 0.1) is 32.8 Å². The zero-order valence-corrected chi connectivity index (χ0v) is 19.0. The highest BCUT2D eigenvalue weighted by atomic mass is 32.2. The second kappa shape index (κ2) is 7.99. The van der Waals surface area contributed by atoms with Crippen LogP contribution in [0.1, 0.15) is 67.9 Å². The quantitative estimate of drug-likeness (QED) is 0.761. The fourth-order valence-corrected chi connectivity index (χ4v) is 7.53. The molecule has 1 N–H and O–H groups in total. The number of fused-ring (bicyclic) bond motifs is 1. The van der Waals surface area contributed by atoms with E-state index in [0.717, 1.165) is 44.3 Å². The van der Waals surface area contributed by atoms with Crippen molar-refractivity contribution in [2.45, 2.75) is 76.5 Å². The van der Waals surface area contributed by atoms with Gasteiger partial charge in [-0.3, -0.25) is 14.3 Å². The molecule has 4 heterocycles. The molecule has 3 aliphatic heterocycles. The zero-order chi connectivity index (χ0) is 21.6. The van der Waals surface area contributed by atoms with Gasteiger partial charge in [0.2, 0.25) is 0 Å². The van der Waals surface area contributed by atoms with Crippen LogP contribution in [0.3, 0.4) is 0 Å². The number of aryl methyl sites for hydroxylation is 1. The third-order valence-corrected chi connectivity index (χ3v) is 9.73. The van der Waals surface area contributed by atoms with Crippen molar-refractivity contribution < 1.29 is 18.5 Å². The largest absolute Gasteiger partial charge is 0.375 e. The van der Waals surface area contributed by atoms with Crippen molar-refractivity contribution in [1.82, 2.24) is 15.1 Å². The summed E-state index contributed by atoms with van der Waals surface area (Å²) < 4.78 is 25.5. The second-order valence-electron chi connectivity index (χ2n) is 9.76. The van der Waals surface area contributed by atoms with E-state index < -0.39 is 9.73 Å². The molecule has 2 unspecified atom stereocenters. The minimum atomic E-state index is -2.50. The fourth-order valence-electron chi connectivity index (χ4n) is 5.27. The van der Waals surface area contributed by atoms with Crippen molar-refractivity contribution in [2.24, 2.45) is 16.2 Å². The molecule has 0 radical (unpaired) electrons. The molecule has 1 spiro atoms. The van der Waals surface area contributed by atoms with Crippen LogP contribution in [0.25, 0.3) is 0 Å². The van der Waals surface area contributed by atoms with Crippen LogP contribution < -0.4 is 5.32 Å². The van der Waals surface area contributed by atoms with Gasteiger partial charge in [-0.15, -0.1) is 0 Å². The van der Waals surface area contributed by atoms with Crippen LogP contribution in [0.15, 0.2) is 10.6 Å². The summed E-state index contributed by atoms with van der Waals surface area (Å²) in [6.45, 7) is 3.37. The number of nitrogens with one attached hydrogen (secondary N) is 1. The van der Waals surface area contributed by atoms with Gasteiger partial charge in [-0.05, 0) is 57.3 Å². The number of aromatic nitrogens is 2. The third-order valence-electron chi connectivity index (χ3n) is 7.53. The van der Waals surface area contributed by atoms with Gasteiger partial charge in [0.25, 0.3) is 11.8 Å². The number of rotatable bonds is 4. The van der Waals surface area contributed by atoms with Gasteiger partial charge in [-0.25, -0.2) is 4.21 Å². The van der Waals surface area contributed by atoms with Gasteiger partial charge in [-0.2, -0.15) is 9.46 Å². The van der Waals surface area contributed by atoms with Crippen molar-refractivity contribution in [2.75, 3.05) is 18.1 Å². The predicted molar refractivity (Wildman–Crippen MR) is 116 cm³/mol. The van der Waals surface area contributed by atoms with E-state index in [-0.39, 0.29) is 29.4 Å². The molecule has 2 atom stereocenters. The smallest absolute Gasteiger partial charge is 0.256 e. The Labute approximate surface area is 183 Å². The Kier molecular flexibility index (Phi) is 5.45. The average molecular weight is 449 g/mol. The summed E-state index contributed by atoms with van der Waals surface area (Å²) in [5.41, 5.74) is 1.34. The molecule has 1 aliphatic carbocycles. The van der Waals surface area contributed by atoms with Crippen molar-refractivity contribution in [3.63, 3.8) is 0 Å². The molecule has 1 aromatic heterocycles. The highest BCUT2D eigenvalue weighted by Crippen LogP contribution is 2.39. The minimum absolute atomic E-state index is 0.0285. The third kappa shape index (κ3) is 4.31. The van der Waals surface area contributed by atoms with Crippen LogP contribution in [-0.2, 0) is 32.2 Å². The Bertz CT molecular complexity index is 991. The van der Waals surface area contributed by atoms with Crippen molar-refractivity contribution in [3.8, 4) is 0 Å². The van der Waals surface area contributed by atoms with Crippen LogP contribution in [0.4, 0.5) is 0 Å². The summed E-state index contributed by atoms with van der Waals surface area (Å²) in [4.78, 5) is 25.3. The van der Waals surface area contributed by atoms with E-state index in [4.69, 9.17) is 4.74 Å². The molecule has 9 heteroatoms. The highest BCUT2D eigenvalue weighted by Gasteiger charge is 2.43. The number of amides is 2. The van der Waals surface area contributed by atoms with Crippen LogP contribution in [0.5, 0.6) is 0 Å². The van der Waals surface area contributed by atoms with E-state index in [1.807, 2.05) is 11.6 Å². The van der Waals surface area contributed by atoms with Crippen molar-refractivity contribution in [1.29, 1.82) is 0 Å². The van der Waals surface area contributed by atoms with Crippen LogP contribution in [0.2, 0.25) is 0 Å². The molecule has 170 valence electrons. The van der Waals surface area contributed by atoms with Crippen molar-refractivity contribution >= 4 is 21.5 Å². The highest BCUT2D eigenvalue weighted by molar-refractivity contribution is 7.93. The average Bonchev–Trinajstić information content (AvgIpc) is 3.35. The summed E-state index contributed by atoms with van der Waals surface area (Å²) in [7, 11) is -2.50. The Hall–Kier alpha value is -1.74. The molecular formula is C22H32N4O4S. The van der Waals surface area contributed by atoms with Crippen molar-refractivity contribution in [3.05, 3.63) is 17.5 Å². The molecule has 1 saturated carbocycles. The maximum Gasteiger partial charge on any atom is 0.256 e. The molecule has 1 aromatic rings. The molecule has 0 aromatic carbocycles. The lowest BCUT2D eigenvalue weighted by Gasteiger charge is -2.44. The van der Waals surface area contributed by atoms with Gasteiger partial charge >= 0.3 is 0 Å². The van der Waals surface area contributed by atoms with E-state index in [0.29, 0.717) is 48.9 Å². The Morgan fingerprint density at radius 1 is 1.32 bits per heavy atom. The van der Waals surface area contributed by atoms with Crippen LogP contribution in [-0.4, -0.2) is 55.6 Å². The first-order chi connectivity index (χ1) is 14.9. The Morgan fingerprint density at radius 3 is 2.84 bits per heavy atom. The van der Waals surface area contributed by atoms with E-state index in [2.05, 4.69) is 14.8 Å². The molecule has 5 rings (SSSR count). The van der Waals surface area contributed by atoms with Gasteiger partial charge in [-0.1, -0.05) is 6.92 Å². The van der Waals surface area contributed by atoms with E-state index in [1.165, 1.54) is 0 Å². The van der Waals surface area contributed by atoms with E-state index in [9.17, 15) is 13.8 Å². The Balaban J connectivity index is 1.21. The summed E-state index contributed by atoms with van der Waals surface area (Å²) in [5, 5.41) is 7.51. The molecule has 4 aliphatic rings. The lowest BCUT2D eigenvalue weighted by atomic mass is 9.85. The molecule has 3 fully saturated rings. The maximum atomic E-state index is 13.2. The first kappa shape index (κ1) is 21.1. The number of ether oxygens (including phenoxy) is 1. The SMILES string of the molecule is CC(C(=O)N=S1(=O)CCC2(CC1)CC(NC(=O)c1cnn3c1CCC3)CCO2)C1CC1. The summed E-state index contributed by atoms with van der Waals surface area (Å²) in [6.07, 6.45) is 8.50. The molecule has 8 nitrogen and oxygen atoms in total. The summed E-state index contributed by atoms with van der Waals surface area (Å²) in [5.74, 6) is 0.871. The van der Waals surface area contributed by atoms with E-state index in [1.54, 1.807) is 6.20 Å². The minimum Gasteiger partial charge on any atom is -0.375 e. The van der Waals surface area contributed by atoms with Gasteiger partial charge in [0.15, 0.2) is 0 Å². The molecule has 31 heavy (non-hydrogen) atoms. The molecule has 2 amide bonds. The predicted octanol–water partition coefficient (Wildman–Crippen LogP) is 2.31. The number of carbonyl (C=O) groups excluding carboxylic acids is 2. The number of nitrogens with zero attached hydrogens (tertiary/aromatic N) is 3. The fraction of sp³-hybridized carbons (Fsp3) is 0.773. The lowest BCUT2D eigenvalue weighted by Crippen LogP contribution is -2.52.